The van der Waals surface area contributed by atoms with Crippen LogP contribution in [-0.4, -0.2) is 108 Å². The van der Waals surface area contributed by atoms with E-state index in [-0.39, 0.29) is 84.9 Å². The maximum absolute atomic E-state index is 12.5. The first-order valence-corrected chi connectivity index (χ1v) is 20.6. The molecule has 3 heterocycles. The summed E-state index contributed by atoms with van der Waals surface area (Å²) in [5.74, 6) is -1.26. The van der Waals surface area contributed by atoms with Gasteiger partial charge in [0.15, 0.2) is 5.76 Å². The summed E-state index contributed by atoms with van der Waals surface area (Å²) in [6.07, 6.45) is 11.0. The highest BCUT2D eigenvalue weighted by atomic mass is 16.6. The summed E-state index contributed by atoms with van der Waals surface area (Å²) in [6, 6.07) is 15.0. The maximum Gasteiger partial charge on any atom is 0.326 e. The third-order valence-electron chi connectivity index (χ3n) is 9.96. The van der Waals surface area contributed by atoms with Crippen LogP contribution in [0.1, 0.15) is 52.0 Å². The minimum atomic E-state index is -1.34. The quantitative estimate of drug-likeness (QED) is 0.0492. The zero-order chi connectivity index (χ0) is 51.1. The van der Waals surface area contributed by atoms with Gasteiger partial charge in [0.1, 0.15) is 18.3 Å². The van der Waals surface area contributed by atoms with Crippen molar-refractivity contribution in [3.05, 3.63) is 116 Å². The maximum atomic E-state index is 12.5. The molecule has 0 fully saturated rings. The number of H-pyrrole nitrogens is 2. The predicted molar refractivity (Wildman–Crippen MR) is 251 cm³/mol. The molecule has 0 aliphatic carbocycles. The van der Waals surface area contributed by atoms with Gasteiger partial charge in [-0.25, -0.2) is 14.6 Å². The van der Waals surface area contributed by atoms with Gasteiger partial charge in [-0.05, 0) is 79.1 Å². The fourth-order valence-corrected chi connectivity index (χ4v) is 6.56. The van der Waals surface area contributed by atoms with Crippen molar-refractivity contribution in [2.75, 3.05) is 40.9 Å². The van der Waals surface area contributed by atoms with E-state index < -0.39 is 59.8 Å². The molecule has 0 unspecified atom stereocenters. The molecule has 6 rings (SSSR count). The van der Waals surface area contributed by atoms with Gasteiger partial charge in [0.05, 0.1) is 30.5 Å². The lowest BCUT2D eigenvalue weighted by molar-refractivity contribution is -0.142. The van der Waals surface area contributed by atoms with Crippen molar-refractivity contribution in [3.8, 4) is 36.3 Å². The number of carboxylic acid groups (broad SMARTS) is 4. The predicted octanol–water partition coefficient (Wildman–Crippen LogP) is 1.35. The number of aromatic nitrogens is 4. The summed E-state index contributed by atoms with van der Waals surface area (Å²) in [7, 11) is 0. The van der Waals surface area contributed by atoms with E-state index in [1.54, 1.807) is 41.3 Å². The van der Waals surface area contributed by atoms with E-state index in [2.05, 4.69) is 42.4 Å². The normalized spacial score (nSPS) is 12.0. The Kier molecular flexibility index (Phi) is 17.2. The number of amides is 2. The molecule has 0 bridgehead atoms. The van der Waals surface area contributed by atoms with Gasteiger partial charge in [-0.2, -0.15) is 4.98 Å². The van der Waals surface area contributed by atoms with Gasteiger partial charge in [0.2, 0.25) is 11.9 Å². The highest BCUT2D eigenvalue weighted by molar-refractivity contribution is 5.97. The van der Waals surface area contributed by atoms with Gasteiger partial charge >= 0.3 is 23.9 Å². The number of hydrogen-bond acceptors (Lipinski definition) is 16. The lowest BCUT2D eigenvalue weighted by atomic mass is 10.1. The molecule has 0 saturated heterocycles. The molecular weight excluding hydrogens is 917 g/mol. The van der Waals surface area contributed by atoms with E-state index in [4.69, 9.17) is 44.0 Å². The highest BCUT2D eigenvalue weighted by Crippen LogP contribution is 2.28. The van der Waals surface area contributed by atoms with Gasteiger partial charge in [-0.1, -0.05) is 17.9 Å². The summed E-state index contributed by atoms with van der Waals surface area (Å²) in [5.41, 5.74) is 13.0. The molecule has 362 valence electrons. The number of carbonyl (C=O) groups is 6. The van der Waals surface area contributed by atoms with Crippen LogP contribution in [0.15, 0.2) is 88.3 Å². The second-order valence-corrected chi connectivity index (χ2v) is 15.0. The summed E-state index contributed by atoms with van der Waals surface area (Å²) in [6.45, 7) is 0.864. The molecule has 0 spiro atoms. The van der Waals surface area contributed by atoms with Gasteiger partial charge in [-0.15, -0.1) is 12.8 Å². The summed E-state index contributed by atoms with van der Waals surface area (Å²) in [4.78, 5) is 109. The largest absolute Gasteiger partial charge is 0.481 e. The minimum Gasteiger partial charge on any atom is -0.481 e. The SMILES string of the molecule is C#CCN(CC1=COc2nc(N)[nH]c(=O)c2O1)c1ccc(C(=O)N[C@@H](CCC(=O)O)C(=O)O)cc1.C#CCN(Cc1ccc2nc(N)[nH]c(=O)c2c1)c1ccc(C(=O)N[C@@H](CCC(=O)O)C(=O)O)cc1. The molecule has 1 aliphatic heterocycles. The zero-order valence-corrected chi connectivity index (χ0v) is 36.7. The number of nitrogens with one attached hydrogen (secondary N) is 4. The first kappa shape index (κ1) is 51.1. The number of carboxylic acids is 4. The lowest BCUT2D eigenvalue weighted by Crippen LogP contribution is -2.41. The van der Waals surface area contributed by atoms with Crippen LogP contribution in [0.25, 0.3) is 10.9 Å². The number of anilines is 4. The number of benzene rings is 3. The standard InChI is InChI=1S/C24H23N5O6.C22H21N5O8/c1-2-11-29(13-14-3-8-18-17(12-14)22(33)28-24(25)27-18)16-6-4-15(5-7-16)21(32)26-19(23(34)35)9-10-20(30)31;1-2-9-27(10-14-11-34-20-17(35-14)19(31)25-22(23)26-20)13-5-3-12(4-6-13)18(30)24-15(21(32)33)7-8-16(28)29/h1,3-8,12,19H,9-11,13H2,(H,26,32)(H,30,31)(H,34,35)(H3,25,27,28,33);1,3-6,11,15H,7-10H2,(H,24,30)(H,28,29)(H,32,33)(H3,23,25,26,31)/t19-;15-/m00/s1. The second-order valence-electron chi connectivity index (χ2n) is 15.0. The third-order valence-corrected chi connectivity index (χ3v) is 9.96. The van der Waals surface area contributed by atoms with Gasteiger partial charge in [0, 0.05) is 41.9 Å². The van der Waals surface area contributed by atoms with E-state index in [0.717, 1.165) is 5.56 Å². The molecule has 24 heteroatoms. The highest BCUT2D eigenvalue weighted by Gasteiger charge is 2.25. The Morgan fingerprint density at radius 3 is 1.66 bits per heavy atom. The van der Waals surface area contributed by atoms with E-state index in [1.165, 1.54) is 30.5 Å². The van der Waals surface area contributed by atoms with Crippen LogP contribution < -0.4 is 52.5 Å². The molecule has 70 heavy (non-hydrogen) atoms. The van der Waals surface area contributed by atoms with Gasteiger partial charge in [-0.3, -0.25) is 38.7 Å². The molecule has 0 saturated carbocycles. The van der Waals surface area contributed by atoms with E-state index in [9.17, 15) is 48.6 Å². The van der Waals surface area contributed by atoms with E-state index in [1.807, 2.05) is 11.0 Å². The number of terminal acetylenes is 2. The first-order valence-electron chi connectivity index (χ1n) is 20.6. The number of hydrogen-bond donors (Lipinski definition) is 10. The van der Waals surface area contributed by atoms with Gasteiger partial charge in [0.25, 0.3) is 34.6 Å². The van der Waals surface area contributed by atoms with Crippen LogP contribution in [0.4, 0.5) is 23.3 Å². The van der Waals surface area contributed by atoms with Crippen LogP contribution in [0.2, 0.25) is 0 Å². The van der Waals surface area contributed by atoms with Crippen molar-refractivity contribution in [2.24, 2.45) is 0 Å². The number of carbonyl (C=O) groups excluding carboxylic acids is 2. The molecule has 2 aromatic heterocycles. The Balaban J connectivity index is 0.000000261. The van der Waals surface area contributed by atoms with Crippen LogP contribution >= 0.6 is 0 Å². The minimum absolute atomic E-state index is 0.0323. The average Bonchev–Trinajstić information content (AvgIpc) is 3.31. The number of ether oxygens (including phenoxy) is 2. The Morgan fingerprint density at radius 1 is 0.686 bits per heavy atom. The van der Waals surface area contributed by atoms with E-state index in [0.29, 0.717) is 28.8 Å². The Morgan fingerprint density at radius 2 is 1.17 bits per heavy atom. The van der Waals surface area contributed by atoms with Crippen LogP contribution in [0.5, 0.6) is 11.6 Å². The molecule has 2 atom stereocenters. The smallest absolute Gasteiger partial charge is 0.326 e. The molecule has 24 nitrogen and oxygen atoms in total. The third kappa shape index (κ3) is 14.1. The topological polar surface area (TPSA) is 376 Å². The van der Waals surface area contributed by atoms with Crippen molar-refractivity contribution in [3.63, 3.8) is 0 Å². The van der Waals surface area contributed by atoms with Crippen molar-refractivity contribution in [1.29, 1.82) is 0 Å². The summed E-state index contributed by atoms with van der Waals surface area (Å²) in [5, 5.41) is 41.0. The van der Waals surface area contributed by atoms with Crippen LogP contribution in [0, 0.1) is 24.7 Å². The number of fused-ring (bicyclic) bond motifs is 2. The summed E-state index contributed by atoms with van der Waals surface area (Å²) < 4.78 is 10.9. The number of nitrogens with zero attached hydrogens (tertiary/aromatic N) is 4. The fraction of sp³-hybridized carbons (Fsp3) is 0.217. The van der Waals surface area contributed by atoms with Crippen LogP contribution in [0.3, 0.4) is 0 Å². The van der Waals surface area contributed by atoms with Crippen LogP contribution in [-0.2, 0) is 25.7 Å². The number of nitrogens with two attached hydrogens (primary N) is 2. The monoisotopic (exact) mass is 960 g/mol. The Hall–Kier alpha value is -9.84. The van der Waals surface area contributed by atoms with Crippen molar-refractivity contribution in [2.45, 2.75) is 44.3 Å². The summed E-state index contributed by atoms with van der Waals surface area (Å²) >= 11 is 0. The molecule has 2 amide bonds. The number of aliphatic carboxylic acids is 4. The second kappa shape index (κ2) is 23.6. The first-order chi connectivity index (χ1) is 33.3. The Bertz CT molecular complexity index is 3030. The average molecular weight is 961 g/mol. The molecule has 12 N–H and O–H groups in total. The lowest BCUT2D eigenvalue weighted by Gasteiger charge is -2.25. The number of rotatable bonds is 20. The fourth-order valence-electron chi connectivity index (χ4n) is 6.56. The zero-order valence-electron chi connectivity index (χ0n) is 36.7. The molecular formula is C46H44N10O14. The molecule has 1 aliphatic rings. The van der Waals surface area contributed by atoms with Crippen molar-refractivity contribution >= 4 is 69.9 Å². The molecule has 5 aromatic rings. The number of nitrogen functional groups attached to an aromatic ring is 2. The molecule has 0 radical (unpaired) electrons. The van der Waals surface area contributed by atoms with Crippen molar-refractivity contribution < 1.29 is 58.7 Å². The Labute approximate surface area is 395 Å². The van der Waals surface area contributed by atoms with Crippen molar-refractivity contribution in [1.82, 2.24) is 30.6 Å². The van der Waals surface area contributed by atoms with Gasteiger partial charge < -0.3 is 61.8 Å². The van der Waals surface area contributed by atoms with E-state index >= 15 is 0 Å². The molecule has 3 aromatic carbocycles. The number of aromatic amines is 2.